The molecule has 0 amide bonds. The maximum absolute atomic E-state index is 13.2. The van der Waals surface area contributed by atoms with Crippen molar-refractivity contribution in [2.75, 3.05) is 14.2 Å². The Hall–Kier alpha value is -3.88. The molecule has 0 atom stereocenters. The molecule has 1 N–H and O–H groups in total. The van der Waals surface area contributed by atoms with Crippen LogP contribution in [-0.4, -0.2) is 34.6 Å². The van der Waals surface area contributed by atoms with Gasteiger partial charge < -0.3 is 9.47 Å². The third-order valence-electron chi connectivity index (χ3n) is 4.82. The van der Waals surface area contributed by atoms with Crippen molar-refractivity contribution < 1.29 is 14.4 Å². The third-order valence-corrected chi connectivity index (χ3v) is 4.82. The summed E-state index contributed by atoms with van der Waals surface area (Å²) in [6.07, 6.45) is 1.48. The van der Waals surface area contributed by atoms with Crippen molar-refractivity contribution >= 4 is 17.1 Å². The largest absolute Gasteiger partial charge is 0.497 e. The molecule has 162 valence electrons. The zero-order valence-corrected chi connectivity index (χ0v) is 17.8. The second kappa shape index (κ2) is 9.29. The van der Waals surface area contributed by atoms with Crippen LogP contribution in [0.15, 0.2) is 52.3 Å². The molecule has 0 radical (unpaired) electrons. The van der Waals surface area contributed by atoms with Crippen LogP contribution in [0.4, 0.5) is 11.4 Å². The van der Waals surface area contributed by atoms with Gasteiger partial charge in [-0.3, -0.25) is 20.0 Å². The van der Waals surface area contributed by atoms with Crippen LogP contribution in [0.5, 0.6) is 11.5 Å². The molecule has 0 bridgehead atoms. The van der Waals surface area contributed by atoms with Crippen molar-refractivity contribution in [3.05, 3.63) is 74.2 Å². The predicted molar refractivity (Wildman–Crippen MR) is 118 cm³/mol. The van der Waals surface area contributed by atoms with Crippen LogP contribution in [0.3, 0.4) is 0 Å². The van der Waals surface area contributed by atoms with Gasteiger partial charge in [0, 0.05) is 23.9 Å². The molecule has 3 rings (SSSR count). The summed E-state index contributed by atoms with van der Waals surface area (Å²) in [7, 11) is 3.12. The van der Waals surface area contributed by atoms with Crippen LogP contribution in [0.25, 0.3) is 5.69 Å². The molecule has 0 aliphatic rings. The molecule has 0 aliphatic heterocycles. The highest BCUT2D eigenvalue weighted by Crippen LogP contribution is 2.32. The van der Waals surface area contributed by atoms with Crippen molar-refractivity contribution in [2.45, 2.75) is 26.7 Å². The minimum atomic E-state index is -0.478. The van der Waals surface area contributed by atoms with Gasteiger partial charge in [-0.25, -0.2) is 9.67 Å². The molecule has 2 aromatic carbocycles. The number of non-ortho nitro benzene ring substituents is 1. The van der Waals surface area contributed by atoms with Gasteiger partial charge in [0.15, 0.2) is 0 Å². The Morgan fingerprint density at radius 1 is 1.16 bits per heavy atom. The number of benzene rings is 2. The summed E-state index contributed by atoms with van der Waals surface area (Å²) < 4.78 is 12.0. The van der Waals surface area contributed by atoms with Crippen molar-refractivity contribution in [1.82, 2.24) is 9.78 Å². The lowest BCUT2D eigenvalue weighted by atomic mass is 10.1. The van der Waals surface area contributed by atoms with E-state index >= 15 is 0 Å². The summed E-state index contributed by atoms with van der Waals surface area (Å²) in [5.74, 6) is 1.17. The number of H-pyrrole nitrogens is 1. The Kier molecular flexibility index (Phi) is 6.54. The van der Waals surface area contributed by atoms with Crippen molar-refractivity contribution in [3.63, 3.8) is 0 Å². The monoisotopic (exact) mass is 424 g/mol. The van der Waals surface area contributed by atoms with Gasteiger partial charge in [0.1, 0.15) is 17.2 Å². The van der Waals surface area contributed by atoms with E-state index in [1.807, 2.05) is 6.92 Å². The van der Waals surface area contributed by atoms with Gasteiger partial charge >= 0.3 is 0 Å². The Bertz CT molecular complexity index is 1180. The average Bonchev–Trinajstić information content (AvgIpc) is 3.10. The van der Waals surface area contributed by atoms with E-state index in [0.29, 0.717) is 40.6 Å². The lowest BCUT2D eigenvalue weighted by molar-refractivity contribution is -0.384. The number of hydrogen-bond donors (Lipinski definition) is 1. The summed E-state index contributed by atoms with van der Waals surface area (Å²) in [6.45, 7) is 3.79. The highest BCUT2D eigenvalue weighted by atomic mass is 16.6. The molecule has 0 spiro atoms. The van der Waals surface area contributed by atoms with E-state index in [1.54, 1.807) is 39.3 Å². The molecule has 9 heteroatoms. The topological polar surface area (TPSA) is 112 Å². The molecule has 0 aliphatic carbocycles. The van der Waals surface area contributed by atoms with Crippen molar-refractivity contribution in [1.29, 1.82) is 0 Å². The number of aliphatic imine (C=N–C) groups is 1. The summed E-state index contributed by atoms with van der Waals surface area (Å²) in [5, 5.41) is 14.0. The maximum Gasteiger partial charge on any atom is 0.280 e. The number of aryl methyl sites for hydroxylation is 1. The number of rotatable bonds is 8. The fraction of sp³-hybridized carbons (Fsp3) is 0.273. The second-order valence-electron chi connectivity index (χ2n) is 6.86. The smallest absolute Gasteiger partial charge is 0.280 e. The first-order valence-corrected chi connectivity index (χ1v) is 9.76. The number of nitro benzene ring substituents is 1. The van der Waals surface area contributed by atoms with Crippen LogP contribution < -0.4 is 15.0 Å². The normalized spacial score (nSPS) is 11.4. The number of nitrogens with one attached hydrogen (secondary N) is 1. The zero-order chi connectivity index (χ0) is 22.5. The van der Waals surface area contributed by atoms with E-state index in [4.69, 9.17) is 9.47 Å². The summed E-state index contributed by atoms with van der Waals surface area (Å²) in [5.41, 5.74) is 2.53. The van der Waals surface area contributed by atoms with E-state index in [9.17, 15) is 14.9 Å². The number of nitro groups is 1. The SMILES string of the molecule is CCCc1[nH]n(-c2ccc([N+](=O)[O-])cc2)c(=O)c1C(C)=Nc1ccc(OC)cc1OC. The molecule has 1 heterocycles. The Morgan fingerprint density at radius 3 is 2.45 bits per heavy atom. The number of aromatic nitrogens is 2. The van der Waals surface area contributed by atoms with Gasteiger partial charge in [0.25, 0.3) is 11.2 Å². The molecule has 0 saturated heterocycles. The van der Waals surface area contributed by atoms with Crippen molar-refractivity contribution in [2.24, 2.45) is 4.99 Å². The second-order valence-corrected chi connectivity index (χ2v) is 6.86. The Labute approximate surface area is 179 Å². The molecule has 0 saturated carbocycles. The summed E-state index contributed by atoms with van der Waals surface area (Å²) in [4.78, 5) is 28.3. The summed E-state index contributed by atoms with van der Waals surface area (Å²) >= 11 is 0. The average molecular weight is 424 g/mol. The van der Waals surface area contributed by atoms with Gasteiger partial charge in [0.2, 0.25) is 0 Å². The first kappa shape index (κ1) is 21.8. The van der Waals surface area contributed by atoms with E-state index in [-0.39, 0.29) is 11.2 Å². The molecular weight excluding hydrogens is 400 g/mol. The van der Waals surface area contributed by atoms with E-state index in [0.717, 1.165) is 12.1 Å². The third kappa shape index (κ3) is 4.50. The standard InChI is InChI=1S/C22H24N4O5/c1-5-6-19-21(14(2)23-18-12-11-17(30-3)13-20(18)31-4)22(27)25(24-19)15-7-9-16(10-8-15)26(28)29/h7-13,24H,5-6H2,1-4H3. The van der Waals surface area contributed by atoms with Gasteiger partial charge in [-0.1, -0.05) is 13.3 Å². The number of aromatic amines is 1. The molecule has 0 fully saturated rings. The van der Waals surface area contributed by atoms with Crippen molar-refractivity contribution in [3.8, 4) is 17.2 Å². The minimum absolute atomic E-state index is 0.0401. The number of methoxy groups -OCH3 is 2. The lowest BCUT2D eigenvalue weighted by Gasteiger charge is -2.08. The zero-order valence-electron chi connectivity index (χ0n) is 17.8. The molecule has 9 nitrogen and oxygen atoms in total. The highest BCUT2D eigenvalue weighted by Gasteiger charge is 2.18. The fourth-order valence-corrected chi connectivity index (χ4v) is 3.31. The van der Waals surface area contributed by atoms with E-state index < -0.39 is 4.92 Å². The van der Waals surface area contributed by atoms with Crippen LogP contribution in [0, 0.1) is 10.1 Å². The minimum Gasteiger partial charge on any atom is -0.497 e. The van der Waals surface area contributed by atoms with Gasteiger partial charge in [-0.05, 0) is 37.6 Å². The van der Waals surface area contributed by atoms with Gasteiger partial charge in [-0.2, -0.15) is 0 Å². The van der Waals surface area contributed by atoms with Crippen LogP contribution in [0.2, 0.25) is 0 Å². The number of ether oxygens (including phenoxy) is 2. The molecule has 31 heavy (non-hydrogen) atoms. The first-order valence-electron chi connectivity index (χ1n) is 9.76. The molecule has 0 unspecified atom stereocenters. The number of nitrogens with zero attached hydrogens (tertiary/aromatic N) is 3. The molecular formula is C22H24N4O5. The fourth-order valence-electron chi connectivity index (χ4n) is 3.31. The first-order chi connectivity index (χ1) is 14.9. The molecule has 3 aromatic rings. The van der Waals surface area contributed by atoms with E-state index in [1.165, 1.54) is 28.9 Å². The summed E-state index contributed by atoms with van der Waals surface area (Å²) in [6, 6.07) is 11.1. The van der Waals surface area contributed by atoms with E-state index in [2.05, 4.69) is 10.1 Å². The van der Waals surface area contributed by atoms with Gasteiger partial charge in [-0.15, -0.1) is 0 Å². The van der Waals surface area contributed by atoms with Crippen LogP contribution >= 0.6 is 0 Å². The maximum atomic E-state index is 13.2. The van der Waals surface area contributed by atoms with Crippen LogP contribution in [0.1, 0.15) is 31.5 Å². The predicted octanol–water partition coefficient (Wildman–Crippen LogP) is 4.18. The molecule has 1 aromatic heterocycles. The number of hydrogen-bond acceptors (Lipinski definition) is 6. The Balaban J connectivity index is 2.09. The Morgan fingerprint density at radius 2 is 1.87 bits per heavy atom. The lowest BCUT2D eigenvalue weighted by Crippen LogP contribution is -2.19. The van der Waals surface area contributed by atoms with Crippen LogP contribution in [-0.2, 0) is 6.42 Å². The highest BCUT2D eigenvalue weighted by molar-refractivity contribution is 6.01. The quantitative estimate of drug-likeness (QED) is 0.331. The van der Waals surface area contributed by atoms with Gasteiger partial charge in [0.05, 0.1) is 36.1 Å².